The standard InChI is InChI=1S/C16H24N2O2S/c1-13(6-5-11-19)18-15(20)17-12-16(9-10-16)21-14-7-3-2-4-8-14/h2-4,7-8,13,19H,5-6,9-12H2,1H3,(H2,17,18,20). The molecule has 0 bridgehead atoms. The molecule has 21 heavy (non-hydrogen) atoms. The summed E-state index contributed by atoms with van der Waals surface area (Å²) in [6.07, 6.45) is 3.81. The molecule has 1 atom stereocenters. The highest BCUT2D eigenvalue weighted by Gasteiger charge is 2.43. The van der Waals surface area contributed by atoms with E-state index in [4.69, 9.17) is 5.11 Å². The Morgan fingerprint density at radius 3 is 2.71 bits per heavy atom. The molecule has 0 heterocycles. The van der Waals surface area contributed by atoms with Crippen molar-refractivity contribution in [2.24, 2.45) is 0 Å². The maximum absolute atomic E-state index is 11.8. The quantitative estimate of drug-likeness (QED) is 0.692. The van der Waals surface area contributed by atoms with Gasteiger partial charge in [0.2, 0.25) is 0 Å². The predicted octanol–water partition coefficient (Wildman–Crippen LogP) is 2.77. The second-order valence-electron chi connectivity index (χ2n) is 5.69. The monoisotopic (exact) mass is 308 g/mol. The summed E-state index contributed by atoms with van der Waals surface area (Å²) < 4.78 is 0.174. The van der Waals surface area contributed by atoms with Gasteiger partial charge in [-0.15, -0.1) is 11.8 Å². The summed E-state index contributed by atoms with van der Waals surface area (Å²) in [5, 5.41) is 14.7. The number of thioether (sulfide) groups is 1. The summed E-state index contributed by atoms with van der Waals surface area (Å²) in [5.74, 6) is 0. The van der Waals surface area contributed by atoms with Gasteiger partial charge in [0.05, 0.1) is 0 Å². The molecular formula is C16H24N2O2S. The molecule has 1 unspecified atom stereocenters. The summed E-state index contributed by atoms with van der Waals surface area (Å²) in [6, 6.07) is 10.3. The summed E-state index contributed by atoms with van der Waals surface area (Å²) >= 11 is 1.86. The Kier molecular flexibility index (Phi) is 5.94. The summed E-state index contributed by atoms with van der Waals surface area (Å²) in [4.78, 5) is 13.1. The average molecular weight is 308 g/mol. The first-order valence-electron chi connectivity index (χ1n) is 7.53. The molecule has 2 rings (SSSR count). The number of aliphatic hydroxyl groups excluding tert-OH is 1. The molecule has 3 N–H and O–H groups in total. The fourth-order valence-electron chi connectivity index (χ4n) is 2.18. The van der Waals surface area contributed by atoms with E-state index in [1.165, 1.54) is 4.90 Å². The molecule has 0 radical (unpaired) electrons. The van der Waals surface area contributed by atoms with Gasteiger partial charge in [-0.05, 0) is 44.7 Å². The van der Waals surface area contributed by atoms with Crippen LogP contribution in [0.25, 0.3) is 0 Å². The van der Waals surface area contributed by atoms with Gasteiger partial charge in [-0.25, -0.2) is 4.79 Å². The number of amides is 2. The maximum Gasteiger partial charge on any atom is 0.315 e. The number of hydrogen-bond donors (Lipinski definition) is 3. The number of aliphatic hydroxyl groups is 1. The number of benzene rings is 1. The zero-order chi connectivity index (χ0) is 15.1. The average Bonchev–Trinajstić information content (AvgIpc) is 3.24. The Labute approximate surface area is 130 Å². The highest BCUT2D eigenvalue weighted by Crippen LogP contribution is 2.51. The lowest BCUT2D eigenvalue weighted by Gasteiger charge is -2.18. The van der Waals surface area contributed by atoms with Gasteiger partial charge >= 0.3 is 6.03 Å². The molecule has 5 heteroatoms. The van der Waals surface area contributed by atoms with E-state index in [0.29, 0.717) is 6.54 Å². The topological polar surface area (TPSA) is 61.4 Å². The van der Waals surface area contributed by atoms with E-state index in [1.54, 1.807) is 0 Å². The van der Waals surface area contributed by atoms with Crippen molar-refractivity contribution < 1.29 is 9.90 Å². The molecule has 0 saturated heterocycles. The number of nitrogens with one attached hydrogen (secondary N) is 2. The molecule has 0 aromatic heterocycles. The molecule has 116 valence electrons. The molecule has 2 amide bonds. The smallest absolute Gasteiger partial charge is 0.315 e. The third kappa shape index (κ3) is 5.59. The van der Waals surface area contributed by atoms with Crippen LogP contribution in [0, 0.1) is 0 Å². The Balaban J connectivity index is 1.71. The van der Waals surface area contributed by atoms with Crippen LogP contribution >= 0.6 is 11.8 Å². The summed E-state index contributed by atoms with van der Waals surface area (Å²) in [6.45, 7) is 2.83. The SMILES string of the molecule is CC(CCCO)NC(=O)NCC1(Sc2ccccc2)CC1. The number of hydrogen-bond acceptors (Lipinski definition) is 3. The van der Waals surface area contributed by atoms with Crippen molar-refractivity contribution in [2.45, 2.75) is 48.3 Å². The largest absolute Gasteiger partial charge is 0.396 e. The highest BCUT2D eigenvalue weighted by molar-refractivity contribution is 8.01. The van der Waals surface area contributed by atoms with Crippen molar-refractivity contribution in [1.29, 1.82) is 0 Å². The molecule has 1 fully saturated rings. The van der Waals surface area contributed by atoms with Gasteiger partial charge in [-0.1, -0.05) is 18.2 Å². The molecular weight excluding hydrogens is 284 g/mol. The molecule has 1 aromatic rings. The lowest BCUT2D eigenvalue weighted by molar-refractivity contribution is 0.234. The third-order valence-electron chi connectivity index (χ3n) is 3.63. The number of rotatable bonds is 8. The van der Waals surface area contributed by atoms with Crippen molar-refractivity contribution in [3.05, 3.63) is 30.3 Å². The first-order valence-corrected chi connectivity index (χ1v) is 8.34. The molecule has 1 saturated carbocycles. The molecule has 4 nitrogen and oxygen atoms in total. The second-order valence-corrected chi connectivity index (χ2v) is 7.23. The van der Waals surface area contributed by atoms with Crippen LogP contribution in [0.4, 0.5) is 4.79 Å². The first-order chi connectivity index (χ1) is 10.1. The summed E-state index contributed by atoms with van der Waals surface area (Å²) in [7, 11) is 0. The minimum absolute atomic E-state index is 0.0917. The van der Waals surface area contributed by atoms with E-state index in [2.05, 4.69) is 22.8 Å². The first kappa shape index (κ1) is 16.2. The zero-order valence-electron chi connectivity index (χ0n) is 12.5. The lowest BCUT2D eigenvalue weighted by atomic mass is 10.2. The highest BCUT2D eigenvalue weighted by atomic mass is 32.2. The van der Waals surface area contributed by atoms with Crippen molar-refractivity contribution in [1.82, 2.24) is 10.6 Å². The second kappa shape index (κ2) is 7.71. The Morgan fingerprint density at radius 1 is 1.38 bits per heavy atom. The van der Waals surface area contributed by atoms with Gasteiger partial charge in [0.15, 0.2) is 0 Å². The van der Waals surface area contributed by atoms with Crippen LogP contribution in [0.5, 0.6) is 0 Å². The lowest BCUT2D eigenvalue weighted by Crippen LogP contribution is -2.43. The minimum atomic E-state index is -0.111. The minimum Gasteiger partial charge on any atom is -0.396 e. The van der Waals surface area contributed by atoms with E-state index < -0.39 is 0 Å². The van der Waals surface area contributed by atoms with Crippen LogP contribution in [0.15, 0.2) is 35.2 Å². The molecule has 1 aliphatic rings. The Morgan fingerprint density at radius 2 is 2.10 bits per heavy atom. The normalized spacial score (nSPS) is 17.0. The van der Waals surface area contributed by atoms with Crippen LogP contribution in [-0.2, 0) is 0 Å². The van der Waals surface area contributed by atoms with Crippen molar-refractivity contribution in [3.63, 3.8) is 0 Å². The van der Waals surface area contributed by atoms with Crippen molar-refractivity contribution >= 4 is 17.8 Å². The van der Waals surface area contributed by atoms with Gasteiger partial charge in [-0.2, -0.15) is 0 Å². The Bertz CT molecular complexity index is 449. The fraction of sp³-hybridized carbons (Fsp3) is 0.562. The van der Waals surface area contributed by atoms with Gasteiger partial charge in [0.1, 0.15) is 0 Å². The van der Waals surface area contributed by atoms with Gasteiger partial charge in [0.25, 0.3) is 0 Å². The molecule has 1 aliphatic carbocycles. The van der Waals surface area contributed by atoms with E-state index in [0.717, 1.165) is 25.7 Å². The number of urea groups is 1. The van der Waals surface area contributed by atoms with Gasteiger partial charge < -0.3 is 15.7 Å². The van der Waals surface area contributed by atoms with Crippen LogP contribution in [0.2, 0.25) is 0 Å². The maximum atomic E-state index is 11.8. The van der Waals surface area contributed by atoms with Gasteiger partial charge in [-0.3, -0.25) is 0 Å². The molecule has 0 spiro atoms. The molecule has 1 aromatic carbocycles. The number of carbonyl (C=O) groups excluding carboxylic acids is 1. The van der Waals surface area contributed by atoms with Gasteiger partial charge in [0, 0.05) is 28.8 Å². The number of carbonyl (C=O) groups is 1. The van der Waals surface area contributed by atoms with Crippen LogP contribution in [0.3, 0.4) is 0 Å². The van der Waals surface area contributed by atoms with E-state index in [1.807, 2.05) is 36.9 Å². The van der Waals surface area contributed by atoms with Crippen molar-refractivity contribution in [3.8, 4) is 0 Å². The third-order valence-corrected chi connectivity index (χ3v) is 5.12. The van der Waals surface area contributed by atoms with Crippen LogP contribution in [-0.4, -0.2) is 35.1 Å². The molecule has 0 aliphatic heterocycles. The Hall–Kier alpha value is -1.20. The van der Waals surface area contributed by atoms with Crippen LogP contribution < -0.4 is 10.6 Å². The van der Waals surface area contributed by atoms with Crippen molar-refractivity contribution in [2.75, 3.05) is 13.2 Å². The van der Waals surface area contributed by atoms with E-state index in [9.17, 15) is 4.79 Å². The van der Waals surface area contributed by atoms with E-state index >= 15 is 0 Å². The van der Waals surface area contributed by atoms with Crippen LogP contribution in [0.1, 0.15) is 32.6 Å². The van der Waals surface area contributed by atoms with E-state index in [-0.39, 0.29) is 23.4 Å². The summed E-state index contributed by atoms with van der Waals surface area (Å²) in [5.41, 5.74) is 0. The fourth-order valence-corrected chi connectivity index (χ4v) is 3.42. The zero-order valence-corrected chi connectivity index (χ0v) is 13.3. The predicted molar refractivity (Wildman–Crippen MR) is 86.6 cm³/mol.